The summed E-state index contributed by atoms with van der Waals surface area (Å²) in [6.07, 6.45) is 2.77. The van der Waals surface area contributed by atoms with Crippen molar-refractivity contribution in [3.8, 4) is 0 Å². The zero-order chi connectivity index (χ0) is 7.14. The van der Waals surface area contributed by atoms with Gasteiger partial charge >= 0.3 is 5.97 Å². The Hall–Kier alpha value is -0.465. The van der Waals surface area contributed by atoms with Crippen molar-refractivity contribution >= 4 is 13.8 Å². The van der Waals surface area contributed by atoms with E-state index in [9.17, 15) is 4.79 Å². The molecule has 0 amide bonds. The van der Waals surface area contributed by atoms with Gasteiger partial charge in [-0.3, -0.25) is 4.79 Å². The zero-order valence-electron chi connectivity index (χ0n) is 5.75. The van der Waals surface area contributed by atoms with Gasteiger partial charge in [0.1, 0.15) is 0 Å². The first kappa shape index (κ1) is 6.26. The average molecular weight is 136 g/mol. The fourth-order valence-electron chi connectivity index (χ4n) is 1.75. The van der Waals surface area contributed by atoms with Crippen LogP contribution in [0.25, 0.3) is 0 Å². The van der Waals surface area contributed by atoms with Crippen molar-refractivity contribution in [2.24, 2.45) is 5.92 Å². The van der Waals surface area contributed by atoms with Crippen LogP contribution in [0.2, 0.25) is 5.82 Å². The van der Waals surface area contributed by atoms with Crippen LogP contribution >= 0.6 is 0 Å². The van der Waals surface area contributed by atoms with Crippen molar-refractivity contribution in [2.75, 3.05) is 0 Å². The lowest BCUT2D eigenvalue weighted by molar-refractivity contribution is -0.143. The molecule has 0 N–H and O–H groups in total. The van der Waals surface area contributed by atoms with Gasteiger partial charge < -0.3 is 4.74 Å². The molecule has 0 aromatic heterocycles. The number of carbonyl (C=O) groups excluding carboxylic acids is 1. The predicted octanol–water partition coefficient (Wildman–Crippen LogP) is 0.669. The third kappa shape index (κ3) is 0.763. The Kier molecular flexibility index (Phi) is 1.26. The first-order chi connectivity index (χ1) is 4.77. The number of hydrogen-bond acceptors (Lipinski definition) is 2. The van der Waals surface area contributed by atoms with Crippen molar-refractivity contribution in [3.05, 3.63) is 0 Å². The van der Waals surface area contributed by atoms with Gasteiger partial charge in [-0.25, -0.2) is 0 Å². The minimum Gasteiger partial charge on any atom is -0.463 e. The highest BCUT2D eigenvalue weighted by Crippen LogP contribution is 2.39. The minimum atomic E-state index is -0.0297. The molecule has 52 valence electrons. The summed E-state index contributed by atoms with van der Waals surface area (Å²) >= 11 is 0. The van der Waals surface area contributed by atoms with Gasteiger partial charge in [-0.1, -0.05) is 6.42 Å². The monoisotopic (exact) mass is 136 g/mol. The van der Waals surface area contributed by atoms with Gasteiger partial charge in [-0.05, 0) is 18.7 Å². The quantitative estimate of drug-likeness (QED) is 0.361. The van der Waals surface area contributed by atoms with Gasteiger partial charge in [-0.2, -0.15) is 0 Å². The molecule has 10 heavy (non-hydrogen) atoms. The lowest BCUT2D eigenvalue weighted by Gasteiger charge is -2.21. The number of esters is 1. The Labute approximate surface area is 61.3 Å². The van der Waals surface area contributed by atoms with E-state index in [1.807, 2.05) is 0 Å². The Bertz CT molecular complexity index is 169. The Balaban J connectivity index is 2.15. The molecule has 2 nitrogen and oxygen atoms in total. The second-order valence-electron chi connectivity index (χ2n) is 3.15. The summed E-state index contributed by atoms with van der Waals surface area (Å²) in [5, 5.41) is 0. The molecule has 1 saturated heterocycles. The lowest BCUT2D eigenvalue weighted by atomic mass is 9.71. The van der Waals surface area contributed by atoms with Crippen LogP contribution in [0.1, 0.15) is 19.3 Å². The summed E-state index contributed by atoms with van der Waals surface area (Å²) in [4.78, 5) is 10.9. The molecule has 0 aromatic carbocycles. The maximum atomic E-state index is 10.9. The standard InChI is InChI=1S/C7H9BO2/c8-5-2-1-4-3-6(5)10-7(4)9/h4-6H,1-3H2/t4-,5+,6-/m1/s1. The minimum absolute atomic E-state index is 0.0297. The van der Waals surface area contributed by atoms with Crippen molar-refractivity contribution in [3.63, 3.8) is 0 Å². The summed E-state index contributed by atoms with van der Waals surface area (Å²) in [6.45, 7) is 0. The summed E-state index contributed by atoms with van der Waals surface area (Å²) in [7, 11) is 5.70. The highest BCUT2D eigenvalue weighted by molar-refractivity contribution is 6.12. The summed E-state index contributed by atoms with van der Waals surface area (Å²) in [5.74, 6) is 0.241. The van der Waals surface area contributed by atoms with Gasteiger partial charge in [0.05, 0.1) is 19.9 Å². The van der Waals surface area contributed by atoms with Gasteiger partial charge in [0.25, 0.3) is 0 Å². The van der Waals surface area contributed by atoms with E-state index in [4.69, 9.17) is 12.6 Å². The fourth-order valence-corrected chi connectivity index (χ4v) is 1.75. The van der Waals surface area contributed by atoms with E-state index in [0.29, 0.717) is 0 Å². The first-order valence-corrected chi connectivity index (χ1v) is 3.73. The van der Waals surface area contributed by atoms with Crippen LogP contribution in [0.4, 0.5) is 0 Å². The van der Waals surface area contributed by atoms with Crippen molar-refractivity contribution in [1.29, 1.82) is 0 Å². The molecule has 0 aromatic rings. The SMILES string of the molecule is [B][C@H]1CC[C@@H]2C[C@H]1OC2=O. The number of fused-ring (bicyclic) bond motifs is 2. The van der Waals surface area contributed by atoms with Crippen LogP contribution in [-0.4, -0.2) is 19.9 Å². The Morgan fingerprint density at radius 3 is 3.00 bits per heavy atom. The molecule has 3 atom stereocenters. The highest BCUT2D eigenvalue weighted by atomic mass is 16.6. The van der Waals surface area contributed by atoms with Gasteiger partial charge in [0.15, 0.2) is 0 Å². The van der Waals surface area contributed by atoms with E-state index in [2.05, 4.69) is 0 Å². The number of rotatable bonds is 0. The van der Waals surface area contributed by atoms with Crippen LogP contribution < -0.4 is 0 Å². The van der Waals surface area contributed by atoms with E-state index in [-0.39, 0.29) is 23.8 Å². The lowest BCUT2D eigenvalue weighted by Crippen LogP contribution is -2.18. The molecule has 3 heteroatoms. The molecule has 1 aliphatic heterocycles. The number of carbonyl (C=O) groups is 1. The largest absolute Gasteiger partial charge is 0.463 e. The Morgan fingerprint density at radius 1 is 1.50 bits per heavy atom. The second kappa shape index (κ2) is 2.01. The molecular formula is C7H9BO2. The van der Waals surface area contributed by atoms with Crippen LogP contribution in [0.3, 0.4) is 0 Å². The highest BCUT2D eigenvalue weighted by Gasteiger charge is 2.40. The number of hydrogen-bond donors (Lipinski definition) is 0. The molecular weight excluding hydrogens is 127 g/mol. The maximum absolute atomic E-state index is 10.9. The van der Waals surface area contributed by atoms with Gasteiger partial charge in [0, 0.05) is 0 Å². The van der Waals surface area contributed by atoms with E-state index in [0.717, 1.165) is 19.3 Å². The van der Waals surface area contributed by atoms with Crippen LogP contribution in [0.15, 0.2) is 0 Å². The molecule has 0 unspecified atom stereocenters. The molecule has 0 spiro atoms. The van der Waals surface area contributed by atoms with E-state index >= 15 is 0 Å². The topological polar surface area (TPSA) is 26.3 Å². The molecule has 1 saturated carbocycles. The molecule has 1 heterocycles. The average Bonchev–Trinajstić information content (AvgIpc) is 2.21. The molecule has 2 aliphatic rings. The van der Waals surface area contributed by atoms with Crippen LogP contribution in [-0.2, 0) is 9.53 Å². The maximum Gasteiger partial charge on any atom is 0.309 e. The van der Waals surface area contributed by atoms with Crippen molar-refractivity contribution in [2.45, 2.75) is 31.2 Å². The molecule has 2 rings (SSSR count). The van der Waals surface area contributed by atoms with E-state index < -0.39 is 0 Å². The molecule has 2 radical (unpaired) electrons. The molecule has 2 bridgehead atoms. The fraction of sp³-hybridized carbons (Fsp3) is 0.857. The van der Waals surface area contributed by atoms with Crippen LogP contribution in [0.5, 0.6) is 0 Å². The van der Waals surface area contributed by atoms with E-state index in [1.54, 1.807) is 0 Å². The summed E-state index contributed by atoms with van der Waals surface area (Å²) in [5.41, 5.74) is 0. The number of ether oxygens (including phenoxy) is 1. The first-order valence-electron chi connectivity index (χ1n) is 3.73. The zero-order valence-corrected chi connectivity index (χ0v) is 5.75. The smallest absolute Gasteiger partial charge is 0.309 e. The van der Waals surface area contributed by atoms with Crippen molar-refractivity contribution in [1.82, 2.24) is 0 Å². The second-order valence-corrected chi connectivity index (χ2v) is 3.15. The van der Waals surface area contributed by atoms with Crippen LogP contribution in [0, 0.1) is 5.92 Å². The van der Waals surface area contributed by atoms with E-state index in [1.165, 1.54) is 0 Å². The third-order valence-corrected chi connectivity index (χ3v) is 2.44. The summed E-state index contributed by atoms with van der Waals surface area (Å²) < 4.78 is 5.03. The Morgan fingerprint density at radius 2 is 2.30 bits per heavy atom. The molecule has 1 aliphatic carbocycles. The van der Waals surface area contributed by atoms with Gasteiger partial charge in [0.2, 0.25) is 0 Å². The normalized spacial score (nSPS) is 45.2. The van der Waals surface area contributed by atoms with Crippen molar-refractivity contribution < 1.29 is 9.53 Å². The predicted molar refractivity (Wildman–Crippen MR) is 36.7 cm³/mol. The summed E-state index contributed by atoms with van der Waals surface area (Å²) in [6, 6.07) is 0. The third-order valence-electron chi connectivity index (χ3n) is 2.44. The molecule has 2 fully saturated rings. The van der Waals surface area contributed by atoms with Gasteiger partial charge in [-0.15, -0.1) is 0 Å².